The van der Waals surface area contributed by atoms with Crippen LogP contribution in [0.15, 0.2) is 73.1 Å². The number of pyridine rings is 1. The molecule has 1 saturated heterocycles. The third-order valence-electron chi connectivity index (χ3n) is 6.19. The van der Waals surface area contributed by atoms with Crippen LogP contribution in [0.5, 0.6) is 0 Å². The molecule has 0 spiro atoms. The number of halogens is 1. The van der Waals surface area contributed by atoms with Crippen LogP contribution in [0.3, 0.4) is 0 Å². The summed E-state index contributed by atoms with van der Waals surface area (Å²) < 4.78 is 14.1. The molecule has 2 N–H and O–H groups in total. The fourth-order valence-corrected chi connectivity index (χ4v) is 4.75. The van der Waals surface area contributed by atoms with Gasteiger partial charge in [-0.05, 0) is 35.9 Å². The number of likely N-dealkylation sites (tertiary alicyclic amines) is 1. The van der Waals surface area contributed by atoms with E-state index >= 15 is 0 Å². The number of carbonyl (C=O) groups excluding carboxylic acids is 2. The Bertz CT molecular complexity index is 1170. The second-order valence-electron chi connectivity index (χ2n) is 7.88. The van der Waals surface area contributed by atoms with Crippen molar-refractivity contribution in [3.05, 3.63) is 90.0 Å². The van der Waals surface area contributed by atoms with Gasteiger partial charge in [-0.2, -0.15) is 0 Å². The number of amides is 3. The van der Waals surface area contributed by atoms with Crippen molar-refractivity contribution in [3.63, 3.8) is 0 Å². The number of fused-ring (bicyclic) bond motifs is 3. The molecule has 1 fully saturated rings. The van der Waals surface area contributed by atoms with Gasteiger partial charge in [-0.15, -0.1) is 0 Å². The number of para-hydroxylation sites is 2. The van der Waals surface area contributed by atoms with Crippen molar-refractivity contribution in [2.45, 2.75) is 18.0 Å². The van der Waals surface area contributed by atoms with Gasteiger partial charge in [-0.25, -0.2) is 9.18 Å². The molecule has 0 unspecified atom stereocenters. The number of benzene rings is 2. The smallest absolute Gasteiger partial charge is 0.322 e. The summed E-state index contributed by atoms with van der Waals surface area (Å²) in [7, 11) is 0. The van der Waals surface area contributed by atoms with Crippen molar-refractivity contribution in [1.29, 1.82) is 0 Å². The number of hydrogen-bond donors (Lipinski definition) is 2. The quantitative estimate of drug-likeness (QED) is 0.665. The first-order valence-corrected chi connectivity index (χ1v) is 10.4. The first-order chi connectivity index (χ1) is 15.6. The molecule has 162 valence electrons. The number of hydrogen-bond acceptors (Lipinski definition) is 4. The van der Waals surface area contributed by atoms with Gasteiger partial charge in [0.2, 0.25) is 0 Å². The minimum Gasteiger partial charge on any atom is -0.394 e. The lowest BCUT2D eigenvalue weighted by Gasteiger charge is -2.58. The molecule has 2 aliphatic heterocycles. The predicted octanol–water partition coefficient (Wildman–Crippen LogP) is 3.24. The molecule has 5 rings (SSSR count). The fourth-order valence-electron chi connectivity index (χ4n) is 4.75. The molecular weight excluding hydrogens is 411 g/mol. The van der Waals surface area contributed by atoms with Gasteiger partial charge in [-0.1, -0.05) is 30.3 Å². The Morgan fingerprint density at radius 1 is 1.09 bits per heavy atom. The zero-order valence-electron chi connectivity index (χ0n) is 17.1. The van der Waals surface area contributed by atoms with E-state index in [0.29, 0.717) is 5.56 Å². The van der Waals surface area contributed by atoms with Crippen LogP contribution in [0.1, 0.15) is 21.8 Å². The molecule has 0 bridgehead atoms. The summed E-state index contributed by atoms with van der Waals surface area (Å²) in [6.07, 6.45) is 3.11. The molecule has 32 heavy (non-hydrogen) atoms. The van der Waals surface area contributed by atoms with E-state index in [-0.39, 0.29) is 36.7 Å². The Labute approximate surface area is 184 Å². The molecule has 3 heterocycles. The largest absolute Gasteiger partial charge is 0.394 e. The average Bonchev–Trinajstić information content (AvgIpc) is 2.81. The maximum atomic E-state index is 14.1. The summed E-state index contributed by atoms with van der Waals surface area (Å²) in [5.41, 5.74) is 2.17. The molecule has 0 radical (unpaired) electrons. The molecule has 7 nitrogen and oxygen atoms in total. The zero-order chi connectivity index (χ0) is 22.2. The van der Waals surface area contributed by atoms with Gasteiger partial charge in [0.15, 0.2) is 0 Å². The molecule has 1 aromatic heterocycles. The average molecular weight is 432 g/mol. The van der Waals surface area contributed by atoms with Gasteiger partial charge >= 0.3 is 6.03 Å². The highest BCUT2D eigenvalue weighted by Crippen LogP contribution is 2.48. The van der Waals surface area contributed by atoms with Crippen LogP contribution < -0.4 is 10.2 Å². The number of rotatable bonds is 3. The highest BCUT2D eigenvalue weighted by atomic mass is 19.1. The van der Waals surface area contributed by atoms with Gasteiger partial charge in [0.05, 0.1) is 29.9 Å². The van der Waals surface area contributed by atoms with E-state index in [4.69, 9.17) is 0 Å². The highest BCUT2D eigenvalue weighted by Gasteiger charge is 2.55. The van der Waals surface area contributed by atoms with E-state index < -0.39 is 17.9 Å². The van der Waals surface area contributed by atoms with Gasteiger partial charge in [0.25, 0.3) is 5.91 Å². The second-order valence-corrected chi connectivity index (χ2v) is 7.88. The van der Waals surface area contributed by atoms with Crippen LogP contribution >= 0.6 is 0 Å². The monoisotopic (exact) mass is 432 g/mol. The number of aliphatic hydroxyl groups is 1. The molecule has 2 aromatic carbocycles. The third-order valence-corrected chi connectivity index (χ3v) is 6.19. The van der Waals surface area contributed by atoms with E-state index in [0.717, 1.165) is 11.3 Å². The summed E-state index contributed by atoms with van der Waals surface area (Å²) in [4.78, 5) is 33.5. The SMILES string of the molecule is O=C(c1cccnc1)N1C[C@@H]2[C@H](c3ccccc31)[C@H](CO)N2C(=O)Nc1ccccc1F. The Morgan fingerprint density at radius 3 is 2.62 bits per heavy atom. The first-order valence-electron chi connectivity index (χ1n) is 10.4. The summed E-state index contributed by atoms with van der Waals surface area (Å²) in [6, 6.07) is 15.5. The molecule has 3 atom stereocenters. The number of nitrogens with one attached hydrogen (secondary N) is 1. The summed E-state index contributed by atoms with van der Waals surface area (Å²) in [6.45, 7) is 0.0212. The molecule has 0 aliphatic carbocycles. The lowest BCUT2D eigenvalue weighted by molar-refractivity contribution is -0.00268. The van der Waals surface area contributed by atoms with Crippen LogP contribution in [0, 0.1) is 5.82 Å². The number of urea groups is 1. The molecule has 3 amide bonds. The van der Waals surface area contributed by atoms with Gasteiger partial charge in [-0.3, -0.25) is 9.78 Å². The lowest BCUT2D eigenvalue weighted by Crippen LogP contribution is -2.71. The summed E-state index contributed by atoms with van der Waals surface area (Å²) >= 11 is 0. The van der Waals surface area contributed by atoms with Crippen LogP contribution in [0.2, 0.25) is 0 Å². The Balaban J connectivity index is 1.48. The molecule has 3 aromatic rings. The standard InChI is InChI=1S/C24H21FN4O3/c25-17-8-2-3-9-18(17)27-24(32)29-20-13-28(23(31)15-6-5-11-26-12-15)19-10-4-1-7-16(19)22(20)21(29)14-30/h1-12,20-22,30H,13-14H2,(H,27,32)/t20-,21+,22+/m1/s1. The van der Waals surface area contributed by atoms with Crippen molar-refractivity contribution in [2.75, 3.05) is 23.4 Å². The molecular formula is C24H21FN4O3. The minimum absolute atomic E-state index is 0.0668. The maximum Gasteiger partial charge on any atom is 0.322 e. The summed E-state index contributed by atoms with van der Waals surface area (Å²) in [5, 5.41) is 12.7. The van der Waals surface area contributed by atoms with Crippen LogP contribution in [-0.2, 0) is 0 Å². The van der Waals surface area contributed by atoms with E-state index in [1.807, 2.05) is 24.3 Å². The van der Waals surface area contributed by atoms with Crippen molar-refractivity contribution in [2.24, 2.45) is 0 Å². The summed E-state index contributed by atoms with van der Waals surface area (Å²) in [5.74, 6) is -0.882. The Kier molecular flexibility index (Phi) is 5.07. The first kappa shape index (κ1) is 20.1. The minimum atomic E-state index is -0.541. The van der Waals surface area contributed by atoms with Gasteiger partial charge < -0.3 is 20.2 Å². The van der Waals surface area contributed by atoms with Crippen molar-refractivity contribution < 1.29 is 19.1 Å². The number of aromatic nitrogens is 1. The van der Waals surface area contributed by atoms with E-state index in [1.165, 1.54) is 23.2 Å². The van der Waals surface area contributed by atoms with E-state index in [1.54, 1.807) is 35.4 Å². The third kappa shape index (κ3) is 3.20. The number of anilines is 2. The Morgan fingerprint density at radius 2 is 1.88 bits per heavy atom. The second kappa shape index (κ2) is 8.05. The maximum absolute atomic E-state index is 14.1. The van der Waals surface area contributed by atoms with Gasteiger partial charge in [0, 0.05) is 30.5 Å². The van der Waals surface area contributed by atoms with Crippen LogP contribution in [0.25, 0.3) is 0 Å². The van der Waals surface area contributed by atoms with Crippen molar-refractivity contribution in [1.82, 2.24) is 9.88 Å². The van der Waals surface area contributed by atoms with Crippen LogP contribution in [-0.4, -0.2) is 52.2 Å². The van der Waals surface area contributed by atoms with Gasteiger partial charge in [0.1, 0.15) is 5.82 Å². The molecule has 2 aliphatic rings. The fraction of sp³-hybridized carbons (Fsp3) is 0.208. The molecule has 0 saturated carbocycles. The predicted molar refractivity (Wildman–Crippen MR) is 117 cm³/mol. The van der Waals surface area contributed by atoms with E-state index in [2.05, 4.69) is 10.3 Å². The molecule has 8 heteroatoms. The highest BCUT2D eigenvalue weighted by molar-refractivity contribution is 6.07. The number of nitrogens with zero attached hydrogens (tertiary/aromatic N) is 3. The number of carbonyl (C=O) groups is 2. The normalized spacial score (nSPS) is 21.2. The van der Waals surface area contributed by atoms with Crippen LogP contribution in [0.4, 0.5) is 20.6 Å². The Hall–Kier alpha value is -3.78. The zero-order valence-corrected chi connectivity index (χ0v) is 17.1. The van der Waals surface area contributed by atoms with Crippen molar-refractivity contribution in [3.8, 4) is 0 Å². The lowest BCUT2D eigenvalue weighted by atomic mass is 9.72. The van der Waals surface area contributed by atoms with E-state index in [9.17, 15) is 19.1 Å². The topological polar surface area (TPSA) is 85.8 Å². The van der Waals surface area contributed by atoms with Crippen molar-refractivity contribution >= 4 is 23.3 Å². The number of aliphatic hydroxyl groups excluding tert-OH is 1.